The van der Waals surface area contributed by atoms with Crippen LogP contribution in [0.4, 0.5) is 4.39 Å². The summed E-state index contributed by atoms with van der Waals surface area (Å²) in [7, 11) is 0. The molecule has 1 aliphatic rings. The van der Waals surface area contributed by atoms with Crippen LogP contribution in [0.25, 0.3) is 0 Å². The minimum Gasteiger partial charge on any atom is -0.333 e. The van der Waals surface area contributed by atoms with Crippen LogP contribution in [0.15, 0.2) is 12.7 Å². The maximum Gasteiger partial charge on any atom is 0.246 e. The van der Waals surface area contributed by atoms with Crippen molar-refractivity contribution in [1.82, 2.24) is 4.90 Å². The number of hydrogen-bond acceptors (Lipinski definition) is 2. The van der Waals surface area contributed by atoms with E-state index in [-0.39, 0.29) is 25.5 Å². The van der Waals surface area contributed by atoms with Crippen LogP contribution in [0, 0.1) is 0 Å². The van der Waals surface area contributed by atoms with E-state index < -0.39 is 5.67 Å². The van der Waals surface area contributed by atoms with E-state index in [9.17, 15) is 9.18 Å². The summed E-state index contributed by atoms with van der Waals surface area (Å²) in [4.78, 5) is 12.2. The second-order valence-corrected chi connectivity index (χ2v) is 2.75. The second-order valence-electron chi connectivity index (χ2n) is 2.75. The number of halogens is 1. The highest BCUT2D eigenvalue weighted by Gasteiger charge is 2.43. The van der Waals surface area contributed by atoms with E-state index in [2.05, 4.69) is 6.58 Å². The third-order valence-electron chi connectivity index (χ3n) is 1.80. The van der Waals surface area contributed by atoms with E-state index in [1.54, 1.807) is 0 Å². The van der Waals surface area contributed by atoms with E-state index in [1.807, 2.05) is 0 Å². The van der Waals surface area contributed by atoms with Gasteiger partial charge in [0.15, 0.2) is 5.67 Å². The van der Waals surface area contributed by atoms with Crippen molar-refractivity contribution in [2.75, 3.05) is 19.6 Å². The Hall–Kier alpha value is -0.900. The monoisotopic (exact) mass is 158 g/mol. The molecule has 11 heavy (non-hydrogen) atoms. The predicted octanol–water partition coefficient (Wildman–Crippen LogP) is -0.318. The molecule has 0 aromatic heterocycles. The number of amides is 1. The van der Waals surface area contributed by atoms with Gasteiger partial charge in [-0.05, 0) is 6.08 Å². The Morgan fingerprint density at radius 1 is 1.82 bits per heavy atom. The molecule has 0 aromatic carbocycles. The van der Waals surface area contributed by atoms with Gasteiger partial charge in [0.2, 0.25) is 5.91 Å². The highest BCUT2D eigenvalue weighted by atomic mass is 19.1. The number of nitrogens with zero attached hydrogens (tertiary/aromatic N) is 1. The SMILES string of the molecule is C=CC(=O)N1CC(F)(CN)C1. The Balaban J connectivity index is 2.40. The van der Waals surface area contributed by atoms with Crippen molar-refractivity contribution in [3.63, 3.8) is 0 Å². The normalized spacial score (nSPS) is 20.7. The van der Waals surface area contributed by atoms with Gasteiger partial charge in [0.1, 0.15) is 0 Å². The lowest BCUT2D eigenvalue weighted by atomic mass is 9.96. The summed E-state index contributed by atoms with van der Waals surface area (Å²) in [5, 5.41) is 0. The van der Waals surface area contributed by atoms with Gasteiger partial charge in [0.05, 0.1) is 13.1 Å². The highest BCUT2D eigenvalue weighted by molar-refractivity contribution is 5.87. The molecule has 0 spiro atoms. The number of carbonyl (C=O) groups is 1. The molecule has 0 aromatic rings. The molecule has 1 aliphatic heterocycles. The molecule has 62 valence electrons. The first-order chi connectivity index (χ1) is 5.11. The number of rotatable bonds is 2. The molecule has 2 N–H and O–H groups in total. The average molecular weight is 158 g/mol. The van der Waals surface area contributed by atoms with Gasteiger partial charge < -0.3 is 10.6 Å². The number of alkyl halides is 1. The third kappa shape index (κ3) is 1.40. The van der Waals surface area contributed by atoms with Crippen LogP contribution < -0.4 is 5.73 Å². The summed E-state index contributed by atoms with van der Waals surface area (Å²) in [5.41, 5.74) is 3.78. The Bertz CT molecular complexity index is 187. The largest absolute Gasteiger partial charge is 0.333 e. The van der Waals surface area contributed by atoms with Gasteiger partial charge in [-0.15, -0.1) is 0 Å². The average Bonchev–Trinajstić information content (AvgIpc) is 1.97. The Morgan fingerprint density at radius 3 is 2.73 bits per heavy atom. The molecule has 3 nitrogen and oxygen atoms in total. The van der Waals surface area contributed by atoms with Crippen molar-refractivity contribution < 1.29 is 9.18 Å². The van der Waals surface area contributed by atoms with Gasteiger partial charge in [0, 0.05) is 6.54 Å². The molecule has 0 atom stereocenters. The Morgan fingerprint density at radius 2 is 2.36 bits per heavy atom. The van der Waals surface area contributed by atoms with Crippen molar-refractivity contribution in [2.24, 2.45) is 5.73 Å². The topological polar surface area (TPSA) is 46.3 Å². The summed E-state index contributed by atoms with van der Waals surface area (Å²) in [5.74, 6) is -0.230. The van der Waals surface area contributed by atoms with Gasteiger partial charge in [-0.3, -0.25) is 4.79 Å². The van der Waals surface area contributed by atoms with Crippen LogP contribution in [0.3, 0.4) is 0 Å². The first-order valence-electron chi connectivity index (χ1n) is 3.42. The van der Waals surface area contributed by atoms with Crippen molar-refractivity contribution in [2.45, 2.75) is 5.67 Å². The summed E-state index contributed by atoms with van der Waals surface area (Å²) >= 11 is 0. The fourth-order valence-corrected chi connectivity index (χ4v) is 1.05. The maximum absolute atomic E-state index is 13.0. The van der Waals surface area contributed by atoms with Crippen molar-refractivity contribution in [1.29, 1.82) is 0 Å². The molecule has 0 unspecified atom stereocenters. The quantitative estimate of drug-likeness (QED) is 0.560. The lowest BCUT2D eigenvalue weighted by molar-refractivity contribution is -0.139. The van der Waals surface area contributed by atoms with E-state index in [0.29, 0.717) is 0 Å². The minimum atomic E-state index is -1.35. The summed E-state index contributed by atoms with van der Waals surface area (Å²) in [6.45, 7) is 3.48. The fraction of sp³-hybridized carbons (Fsp3) is 0.571. The third-order valence-corrected chi connectivity index (χ3v) is 1.80. The van der Waals surface area contributed by atoms with Crippen molar-refractivity contribution >= 4 is 5.91 Å². The number of nitrogens with two attached hydrogens (primary N) is 1. The van der Waals surface area contributed by atoms with E-state index in [0.717, 1.165) is 0 Å². The fourth-order valence-electron chi connectivity index (χ4n) is 1.05. The van der Waals surface area contributed by atoms with Crippen molar-refractivity contribution in [3.05, 3.63) is 12.7 Å². The van der Waals surface area contributed by atoms with E-state index >= 15 is 0 Å². The van der Waals surface area contributed by atoms with E-state index in [4.69, 9.17) is 5.73 Å². The molecule has 1 rings (SSSR count). The van der Waals surface area contributed by atoms with Gasteiger partial charge in [0.25, 0.3) is 0 Å². The molecule has 0 bridgehead atoms. The van der Waals surface area contributed by atoms with Crippen molar-refractivity contribution in [3.8, 4) is 0 Å². The Labute approximate surface area is 64.7 Å². The summed E-state index contributed by atoms with van der Waals surface area (Å²) in [6.07, 6.45) is 1.18. The molecule has 4 heteroatoms. The summed E-state index contributed by atoms with van der Waals surface area (Å²) in [6, 6.07) is 0. The van der Waals surface area contributed by atoms with Crippen LogP contribution in [0.1, 0.15) is 0 Å². The minimum absolute atomic E-state index is 0.0199. The van der Waals surface area contributed by atoms with Crippen LogP contribution in [0.2, 0.25) is 0 Å². The lowest BCUT2D eigenvalue weighted by Crippen LogP contribution is -2.63. The highest BCUT2D eigenvalue weighted by Crippen LogP contribution is 2.23. The zero-order valence-corrected chi connectivity index (χ0v) is 6.22. The number of carbonyl (C=O) groups excluding carboxylic acids is 1. The second kappa shape index (κ2) is 2.62. The molecular formula is C7H11FN2O. The zero-order valence-electron chi connectivity index (χ0n) is 6.22. The number of hydrogen-bond donors (Lipinski definition) is 1. The number of likely N-dealkylation sites (tertiary alicyclic amines) is 1. The first kappa shape index (κ1) is 8.20. The molecule has 1 saturated heterocycles. The van der Waals surface area contributed by atoms with Gasteiger partial charge >= 0.3 is 0 Å². The summed E-state index contributed by atoms with van der Waals surface area (Å²) < 4.78 is 13.0. The van der Waals surface area contributed by atoms with Crippen LogP contribution >= 0.6 is 0 Å². The van der Waals surface area contributed by atoms with E-state index in [1.165, 1.54) is 11.0 Å². The molecule has 1 amide bonds. The van der Waals surface area contributed by atoms with Crippen LogP contribution in [0.5, 0.6) is 0 Å². The smallest absolute Gasteiger partial charge is 0.246 e. The molecule has 1 fully saturated rings. The molecule has 1 heterocycles. The van der Waals surface area contributed by atoms with Crippen LogP contribution in [-0.4, -0.2) is 36.1 Å². The molecule has 0 saturated carbocycles. The molecule has 0 aliphatic carbocycles. The molecule has 0 radical (unpaired) electrons. The standard InChI is InChI=1S/C7H11FN2O/c1-2-6(11)10-4-7(8,3-9)5-10/h2H,1,3-5,9H2. The van der Waals surface area contributed by atoms with Gasteiger partial charge in [-0.25, -0.2) is 4.39 Å². The zero-order chi connectivity index (χ0) is 8.48. The van der Waals surface area contributed by atoms with Gasteiger partial charge in [-0.2, -0.15) is 0 Å². The Kier molecular flexibility index (Phi) is 1.95. The van der Waals surface area contributed by atoms with Crippen LogP contribution in [-0.2, 0) is 4.79 Å². The lowest BCUT2D eigenvalue weighted by Gasteiger charge is -2.43. The maximum atomic E-state index is 13.0. The predicted molar refractivity (Wildman–Crippen MR) is 39.7 cm³/mol. The first-order valence-corrected chi connectivity index (χ1v) is 3.42. The molecular weight excluding hydrogens is 147 g/mol. The van der Waals surface area contributed by atoms with Gasteiger partial charge in [-0.1, -0.05) is 6.58 Å².